The van der Waals surface area contributed by atoms with E-state index in [4.69, 9.17) is 0 Å². The molecule has 0 spiro atoms. The zero-order valence-corrected chi connectivity index (χ0v) is 7.83. The van der Waals surface area contributed by atoms with Gasteiger partial charge in [0.05, 0.1) is 0 Å². The Bertz CT molecular complexity index is 283. The molecule has 0 radical (unpaired) electrons. The van der Waals surface area contributed by atoms with Crippen LogP contribution in [0.1, 0.15) is 18.5 Å². The highest BCUT2D eigenvalue weighted by atomic mass is 16.3. The first-order valence-corrected chi connectivity index (χ1v) is 4.37. The number of phenols is 1. The van der Waals surface area contributed by atoms with Crippen molar-refractivity contribution in [2.75, 3.05) is 6.54 Å². The first kappa shape index (κ1) is 9.81. The maximum Gasteiger partial charge on any atom is 0.115 e. The summed E-state index contributed by atoms with van der Waals surface area (Å²) in [7, 11) is 0. The fourth-order valence-electron chi connectivity index (χ4n) is 1.17. The Labute approximate surface area is 78.9 Å². The van der Waals surface area contributed by atoms with Crippen molar-refractivity contribution < 1.29 is 5.11 Å². The highest BCUT2D eigenvalue weighted by molar-refractivity contribution is 5.29. The van der Waals surface area contributed by atoms with Crippen LogP contribution in [0.5, 0.6) is 5.75 Å². The van der Waals surface area contributed by atoms with Crippen LogP contribution in [0.25, 0.3) is 0 Å². The van der Waals surface area contributed by atoms with Crippen LogP contribution >= 0.6 is 0 Å². The average Bonchev–Trinajstić information content (AvgIpc) is 2.14. The first-order valence-electron chi connectivity index (χ1n) is 4.37. The number of hydrogen-bond acceptors (Lipinski definition) is 2. The molecule has 70 valence electrons. The van der Waals surface area contributed by atoms with Gasteiger partial charge in [-0.3, -0.25) is 0 Å². The van der Waals surface area contributed by atoms with E-state index in [0.717, 1.165) is 12.1 Å². The van der Waals surface area contributed by atoms with Gasteiger partial charge in [0.25, 0.3) is 0 Å². The fraction of sp³-hybridized carbons (Fsp3) is 0.273. The summed E-state index contributed by atoms with van der Waals surface area (Å²) in [6.45, 7) is 6.46. The van der Waals surface area contributed by atoms with Gasteiger partial charge in [-0.05, 0) is 24.6 Å². The second-order valence-electron chi connectivity index (χ2n) is 3.01. The zero-order valence-electron chi connectivity index (χ0n) is 7.83. The molecule has 2 heteroatoms. The SMILES string of the molecule is C=CCNC(C)c1cccc(O)c1. The van der Waals surface area contributed by atoms with Crippen LogP contribution in [-0.4, -0.2) is 11.7 Å². The summed E-state index contributed by atoms with van der Waals surface area (Å²) >= 11 is 0. The fourth-order valence-corrected chi connectivity index (χ4v) is 1.17. The molecule has 1 rings (SSSR count). The molecule has 0 aliphatic rings. The van der Waals surface area contributed by atoms with Crippen molar-refractivity contribution in [3.05, 3.63) is 42.5 Å². The molecular formula is C11H15NO. The molecule has 0 bridgehead atoms. The van der Waals surface area contributed by atoms with E-state index in [1.54, 1.807) is 12.1 Å². The number of rotatable bonds is 4. The number of phenolic OH excluding ortho intramolecular Hbond substituents is 1. The molecule has 2 nitrogen and oxygen atoms in total. The van der Waals surface area contributed by atoms with Crippen molar-refractivity contribution in [1.29, 1.82) is 0 Å². The molecule has 2 N–H and O–H groups in total. The number of hydrogen-bond donors (Lipinski definition) is 2. The lowest BCUT2D eigenvalue weighted by molar-refractivity contribution is 0.473. The van der Waals surface area contributed by atoms with Gasteiger partial charge in [-0.15, -0.1) is 6.58 Å². The molecule has 1 aromatic carbocycles. The molecule has 0 saturated heterocycles. The van der Waals surface area contributed by atoms with Gasteiger partial charge < -0.3 is 10.4 Å². The lowest BCUT2D eigenvalue weighted by atomic mass is 10.1. The summed E-state index contributed by atoms with van der Waals surface area (Å²) in [4.78, 5) is 0. The van der Waals surface area contributed by atoms with Gasteiger partial charge in [0.1, 0.15) is 5.75 Å². The summed E-state index contributed by atoms with van der Waals surface area (Å²) < 4.78 is 0. The third-order valence-corrected chi connectivity index (χ3v) is 1.94. The molecule has 1 unspecified atom stereocenters. The van der Waals surface area contributed by atoms with Crippen molar-refractivity contribution in [3.63, 3.8) is 0 Å². The molecule has 0 aliphatic carbocycles. The Balaban J connectivity index is 2.65. The maximum atomic E-state index is 9.24. The van der Waals surface area contributed by atoms with Gasteiger partial charge in [-0.2, -0.15) is 0 Å². The Morgan fingerprint density at radius 1 is 1.62 bits per heavy atom. The van der Waals surface area contributed by atoms with Crippen molar-refractivity contribution >= 4 is 0 Å². The second-order valence-corrected chi connectivity index (χ2v) is 3.01. The van der Waals surface area contributed by atoms with Crippen LogP contribution in [0.15, 0.2) is 36.9 Å². The molecule has 1 atom stereocenters. The minimum Gasteiger partial charge on any atom is -0.508 e. The third kappa shape index (κ3) is 2.92. The smallest absolute Gasteiger partial charge is 0.115 e. The summed E-state index contributed by atoms with van der Waals surface area (Å²) in [5.41, 5.74) is 1.09. The van der Waals surface area contributed by atoms with E-state index in [9.17, 15) is 5.11 Å². The number of aromatic hydroxyl groups is 1. The zero-order chi connectivity index (χ0) is 9.68. The van der Waals surface area contributed by atoms with Crippen LogP contribution in [0.3, 0.4) is 0 Å². The van der Waals surface area contributed by atoms with Crippen LogP contribution in [-0.2, 0) is 0 Å². The molecule has 0 heterocycles. The Morgan fingerprint density at radius 2 is 2.38 bits per heavy atom. The van der Waals surface area contributed by atoms with Crippen molar-refractivity contribution in [3.8, 4) is 5.75 Å². The van der Waals surface area contributed by atoms with Crippen LogP contribution < -0.4 is 5.32 Å². The van der Waals surface area contributed by atoms with E-state index in [1.165, 1.54) is 0 Å². The monoisotopic (exact) mass is 177 g/mol. The Morgan fingerprint density at radius 3 is 3.00 bits per heavy atom. The molecule has 0 fully saturated rings. The normalized spacial score (nSPS) is 12.4. The second kappa shape index (κ2) is 4.67. The molecule has 0 aliphatic heterocycles. The van der Waals surface area contributed by atoms with Gasteiger partial charge in [-0.1, -0.05) is 18.2 Å². The summed E-state index contributed by atoms with van der Waals surface area (Å²) in [5.74, 6) is 0.310. The molecule has 1 aromatic rings. The summed E-state index contributed by atoms with van der Waals surface area (Å²) in [5, 5.41) is 12.5. The lowest BCUT2D eigenvalue weighted by Crippen LogP contribution is -2.18. The van der Waals surface area contributed by atoms with Crippen molar-refractivity contribution in [2.24, 2.45) is 0 Å². The standard InChI is InChI=1S/C11H15NO/c1-3-7-12-9(2)10-5-4-6-11(13)8-10/h3-6,8-9,12-13H,1,7H2,2H3. The topological polar surface area (TPSA) is 32.3 Å². The van der Waals surface area contributed by atoms with E-state index in [-0.39, 0.29) is 6.04 Å². The highest BCUT2D eigenvalue weighted by Gasteiger charge is 2.02. The lowest BCUT2D eigenvalue weighted by Gasteiger charge is -2.12. The number of nitrogens with one attached hydrogen (secondary N) is 1. The van der Waals surface area contributed by atoms with Gasteiger partial charge in [0, 0.05) is 12.6 Å². The molecule has 0 aromatic heterocycles. The summed E-state index contributed by atoms with van der Waals surface area (Å²) in [6.07, 6.45) is 1.82. The molecule has 0 amide bonds. The molecule has 13 heavy (non-hydrogen) atoms. The van der Waals surface area contributed by atoms with Crippen LogP contribution in [0, 0.1) is 0 Å². The van der Waals surface area contributed by atoms with Gasteiger partial charge in [0.2, 0.25) is 0 Å². The summed E-state index contributed by atoms with van der Waals surface area (Å²) in [6, 6.07) is 7.51. The number of benzene rings is 1. The predicted molar refractivity (Wildman–Crippen MR) is 54.7 cm³/mol. The first-order chi connectivity index (χ1) is 6.24. The highest BCUT2D eigenvalue weighted by Crippen LogP contribution is 2.17. The molecule has 0 saturated carbocycles. The van der Waals surface area contributed by atoms with E-state index in [1.807, 2.05) is 18.2 Å². The average molecular weight is 177 g/mol. The van der Waals surface area contributed by atoms with Crippen molar-refractivity contribution in [2.45, 2.75) is 13.0 Å². The van der Waals surface area contributed by atoms with Crippen molar-refractivity contribution in [1.82, 2.24) is 5.32 Å². The predicted octanol–water partition coefficient (Wildman–Crippen LogP) is 2.23. The van der Waals surface area contributed by atoms with Gasteiger partial charge >= 0.3 is 0 Å². The minimum atomic E-state index is 0.241. The van der Waals surface area contributed by atoms with Gasteiger partial charge in [0.15, 0.2) is 0 Å². The molecular weight excluding hydrogens is 162 g/mol. The van der Waals surface area contributed by atoms with E-state index >= 15 is 0 Å². The minimum absolute atomic E-state index is 0.241. The third-order valence-electron chi connectivity index (χ3n) is 1.94. The Kier molecular flexibility index (Phi) is 3.53. The Hall–Kier alpha value is -1.28. The van der Waals surface area contributed by atoms with Gasteiger partial charge in [-0.25, -0.2) is 0 Å². The van der Waals surface area contributed by atoms with E-state index < -0.39 is 0 Å². The quantitative estimate of drug-likeness (QED) is 0.691. The van der Waals surface area contributed by atoms with E-state index in [0.29, 0.717) is 5.75 Å². The van der Waals surface area contributed by atoms with Crippen LogP contribution in [0.4, 0.5) is 0 Å². The van der Waals surface area contributed by atoms with Crippen LogP contribution in [0.2, 0.25) is 0 Å². The maximum absolute atomic E-state index is 9.24. The van der Waals surface area contributed by atoms with E-state index in [2.05, 4.69) is 18.8 Å². The largest absolute Gasteiger partial charge is 0.508 e.